The molecule has 0 saturated carbocycles. The molecule has 3 heterocycles. The number of aromatic nitrogens is 3. The molecule has 1 aliphatic heterocycles. The summed E-state index contributed by atoms with van der Waals surface area (Å²) in [6.45, 7) is 6.79. The molecule has 6 heteroatoms. The second-order valence-corrected chi connectivity index (χ2v) is 7.61. The Kier molecular flexibility index (Phi) is 4.94. The van der Waals surface area contributed by atoms with Crippen LogP contribution >= 0.6 is 0 Å². The molecule has 1 fully saturated rings. The monoisotopic (exact) mass is 376 g/mol. The van der Waals surface area contributed by atoms with E-state index in [4.69, 9.17) is 4.52 Å². The maximum atomic E-state index is 13.2. The van der Waals surface area contributed by atoms with Gasteiger partial charge in [-0.1, -0.05) is 31.1 Å². The van der Waals surface area contributed by atoms with Crippen LogP contribution in [0.1, 0.15) is 66.2 Å². The lowest BCUT2D eigenvalue weighted by Crippen LogP contribution is -2.30. The molecule has 1 aromatic carbocycles. The van der Waals surface area contributed by atoms with Crippen LogP contribution in [0.3, 0.4) is 0 Å². The molecular formula is C22H24N4O2. The van der Waals surface area contributed by atoms with E-state index in [1.54, 1.807) is 0 Å². The number of hydrogen-bond acceptors (Lipinski definition) is 5. The summed E-state index contributed by atoms with van der Waals surface area (Å²) >= 11 is 0. The third-order valence-electron chi connectivity index (χ3n) is 5.17. The van der Waals surface area contributed by atoms with Crippen LogP contribution in [0.2, 0.25) is 0 Å². The van der Waals surface area contributed by atoms with Crippen LogP contribution in [-0.4, -0.2) is 32.7 Å². The van der Waals surface area contributed by atoms with Crippen molar-refractivity contribution in [1.29, 1.82) is 0 Å². The Balaban J connectivity index is 1.59. The number of nitrogens with zero attached hydrogens (tertiary/aromatic N) is 4. The van der Waals surface area contributed by atoms with Crippen molar-refractivity contribution in [3.63, 3.8) is 0 Å². The Hall–Kier alpha value is -3.02. The summed E-state index contributed by atoms with van der Waals surface area (Å²) in [5.41, 5.74) is 4.09. The molecule has 6 nitrogen and oxygen atoms in total. The van der Waals surface area contributed by atoms with Crippen LogP contribution in [0, 0.1) is 6.92 Å². The van der Waals surface area contributed by atoms with E-state index in [-0.39, 0.29) is 11.9 Å². The summed E-state index contributed by atoms with van der Waals surface area (Å²) in [6.07, 6.45) is 1.85. The molecule has 0 spiro atoms. The number of aryl methyl sites for hydroxylation is 1. The zero-order valence-electron chi connectivity index (χ0n) is 16.4. The predicted octanol–water partition coefficient (Wildman–Crippen LogP) is 4.54. The van der Waals surface area contributed by atoms with E-state index in [0.29, 0.717) is 11.5 Å². The number of benzene rings is 1. The van der Waals surface area contributed by atoms with Crippen LogP contribution in [-0.2, 0) is 0 Å². The van der Waals surface area contributed by atoms with Crippen molar-refractivity contribution < 1.29 is 9.32 Å². The first-order chi connectivity index (χ1) is 13.5. The van der Waals surface area contributed by atoms with Crippen LogP contribution in [0.25, 0.3) is 11.3 Å². The van der Waals surface area contributed by atoms with E-state index in [1.165, 1.54) is 0 Å². The van der Waals surface area contributed by atoms with Gasteiger partial charge in [0.1, 0.15) is 0 Å². The van der Waals surface area contributed by atoms with Gasteiger partial charge < -0.3 is 9.42 Å². The van der Waals surface area contributed by atoms with Gasteiger partial charge in [0.25, 0.3) is 5.91 Å². The highest BCUT2D eigenvalue weighted by Gasteiger charge is 2.33. The molecule has 0 aliphatic carbocycles. The molecule has 144 valence electrons. The molecule has 1 atom stereocenters. The minimum absolute atomic E-state index is 0.00478. The van der Waals surface area contributed by atoms with E-state index in [2.05, 4.69) is 29.2 Å². The Morgan fingerprint density at radius 3 is 2.71 bits per heavy atom. The van der Waals surface area contributed by atoms with Crippen molar-refractivity contribution in [1.82, 2.24) is 20.3 Å². The molecule has 1 aliphatic rings. The first kappa shape index (κ1) is 18.3. The fourth-order valence-corrected chi connectivity index (χ4v) is 3.63. The molecule has 0 unspecified atom stereocenters. The summed E-state index contributed by atoms with van der Waals surface area (Å²) in [7, 11) is 0. The minimum Gasteiger partial charge on any atom is -0.359 e. The van der Waals surface area contributed by atoms with Gasteiger partial charge in [0.2, 0.25) is 0 Å². The third kappa shape index (κ3) is 3.54. The van der Waals surface area contributed by atoms with Crippen molar-refractivity contribution in [3.8, 4) is 11.3 Å². The molecule has 3 aromatic rings. The predicted molar refractivity (Wildman–Crippen MR) is 106 cm³/mol. The first-order valence-electron chi connectivity index (χ1n) is 9.71. The summed E-state index contributed by atoms with van der Waals surface area (Å²) in [6, 6.07) is 13.4. The minimum atomic E-state index is -0.0533. The summed E-state index contributed by atoms with van der Waals surface area (Å²) < 4.78 is 5.43. The molecule has 2 aromatic heterocycles. The van der Waals surface area contributed by atoms with Gasteiger partial charge in [-0.25, -0.2) is 0 Å². The highest BCUT2D eigenvalue weighted by molar-refractivity contribution is 5.95. The summed E-state index contributed by atoms with van der Waals surface area (Å²) in [5.74, 6) is 1.10. The molecule has 1 amide bonds. The van der Waals surface area contributed by atoms with Gasteiger partial charge in [0.05, 0.1) is 23.1 Å². The van der Waals surface area contributed by atoms with E-state index in [0.717, 1.165) is 47.8 Å². The first-order valence-corrected chi connectivity index (χ1v) is 9.71. The molecule has 0 N–H and O–H groups in total. The average Bonchev–Trinajstić information content (AvgIpc) is 3.36. The lowest BCUT2D eigenvalue weighted by Gasteiger charge is -2.23. The maximum Gasteiger partial charge on any atom is 0.254 e. The Bertz CT molecular complexity index is 978. The second-order valence-electron chi connectivity index (χ2n) is 7.61. The van der Waals surface area contributed by atoms with Gasteiger partial charge in [-0.15, -0.1) is 0 Å². The highest BCUT2D eigenvalue weighted by Crippen LogP contribution is 2.34. The Morgan fingerprint density at radius 1 is 1.18 bits per heavy atom. The number of carbonyl (C=O) groups excluding carboxylic acids is 1. The van der Waals surface area contributed by atoms with Crippen LogP contribution in [0.5, 0.6) is 0 Å². The van der Waals surface area contributed by atoms with E-state index in [9.17, 15) is 4.79 Å². The van der Waals surface area contributed by atoms with Crippen LogP contribution in [0.15, 0.2) is 47.0 Å². The molecule has 4 rings (SSSR count). The van der Waals surface area contributed by atoms with Gasteiger partial charge in [-0.2, -0.15) is 10.2 Å². The molecule has 1 saturated heterocycles. The highest BCUT2D eigenvalue weighted by atomic mass is 16.5. The molecule has 28 heavy (non-hydrogen) atoms. The SMILES string of the molecule is Cc1cc([C@H]2CCCN2C(=O)c2cccc(-c3ccc(C(C)C)nn3)c2)on1. The van der Waals surface area contributed by atoms with Gasteiger partial charge in [0.15, 0.2) is 5.76 Å². The summed E-state index contributed by atoms with van der Waals surface area (Å²) in [4.78, 5) is 15.1. The standard InChI is InChI=1S/C22H24N4O2/c1-14(2)18-9-10-19(24-23-18)16-6-4-7-17(13-16)22(27)26-11-5-8-20(26)21-12-15(3)25-28-21/h4,6-7,9-10,12-14,20H,5,8,11H2,1-3H3/t20-/m1/s1. The topological polar surface area (TPSA) is 72.1 Å². The van der Waals surface area contributed by atoms with Crippen molar-refractivity contribution in [3.05, 3.63) is 65.2 Å². The van der Waals surface area contributed by atoms with Crippen molar-refractivity contribution in [2.45, 2.75) is 45.6 Å². The van der Waals surface area contributed by atoms with Gasteiger partial charge in [-0.3, -0.25) is 4.79 Å². The molecule has 0 bridgehead atoms. The fraction of sp³-hybridized carbons (Fsp3) is 0.364. The number of hydrogen-bond donors (Lipinski definition) is 0. The zero-order chi connectivity index (χ0) is 19.7. The van der Waals surface area contributed by atoms with Gasteiger partial charge >= 0.3 is 0 Å². The number of likely N-dealkylation sites (tertiary alicyclic amines) is 1. The summed E-state index contributed by atoms with van der Waals surface area (Å²) in [5, 5.41) is 12.6. The van der Waals surface area contributed by atoms with Crippen LogP contribution < -0.4 is 0 Å². The molecular weight excluding hydrogens is 352 g/mol. The lowest BCUT2D eigenvalue weighted by atomic mass is 10.0. The van der Waals surface area contributed by atoms with Crippen molar-refractivity contribution >= 4 is 5.91 Å². The average molecular weight is 376 g/mol. The number of carbonyl (C=O) groups is 1. The lowest BCUT2D eigenvalue weighted by molar-refractivity contribution is 0.0714. The van der Waals surface area contributed by atoms with Crippen LogP contribution in [0.4, 0.5) is 0 Å². The largest absolute Gasteiger partial charge is 0.359 e. The van der Waals surface area contributed by atoms with Gasteiger partial charge in [0, 0.05) is 23.7 Å². The van der Waals surface area contributed by atoms with E-state index in [1.807, 2.05) is 54.3 Å². The zero-order valence-corrected chi connectivity index (χ0v) is 16.4. The van der Waals surface area contributed by atoms with E-state index >= 15 is 0 Å². The van der Waals surface area contributed by atoms with Gasteiger partial charge in [-0.05, 0) is 49.9 Å². The number of amides is 1. The number of rotatable bonds is 4. The van der Waals surface area contributed by atoms with E-state index < -0.39 is 0 Å². The Morgan fingerprint density at radius 2 is 2.04 bits per heavy atom. The quantitative estimate of drug-likeness (QED) is 0.668. The molecule has 0 radical (unpaired) electrons. The van der Waals surface area contributed by atoms with Crippen molar-refractivity contribution in [2.75, 3.05) is 6.54 Å². The maximum absolute atomic E-state index is 13.2. The normalized spacial score (nSPS) is 16.7. The van der Waals surface area contributed by atoms with Crippen molar-refractivity contribution in [2.24, 2.45) is 0 Å². The third-order valence-corrected chi connectivity index (χ3v) is 5.17. The fourth-order valence-electron chi connectivity index (χ4n) is 3.63. The smallest absolute Gasteiger partial charge is 0.254 e. The second kappa shape index (κ2) is 7.54. The Labute approximate surface area is 164 Å².